The number of pyridine rings is 1. The van der Waals surface area contributed by atoms with Crippen molar-refractivity contribution in [3.05, 3.63) is 30.1 Å². The number of rotatable bonds is 2. The minimum atomic E-state index is -0.814. The van der Waals surface area contributed by atoms with Crippen LogP contribution in [0.1, 0.15) is 32.5 Å². The fraction of sp³-hybridized carbons (Fsp3) is 0.455. The summed E-state index contributed by atoms with van der Waals surface area (Å²) in [6.07, 6.45) is 1.60. The predicted octanol–water partition coefficient (Wildman–Crippen LogP) is 1.42. The number of nitrogens with two attached hydrogens (primary N) is 1. The molecule has 1 aromatic rings. The van der Waals surface area contributed by atoms with Gasteiger partial charge in [-0.3, -0.25) is 4.98 Å². The van der Waals surface area contributed by atoms with E-state index in [4.69, 9.17) is 10.5 Å². The molecule has 0 amide bonds. The Bertz CT molecular complexity index is 330. The first-order valence-electron chi connectivity index (χ1n) is 4.79. The molecule has 1 rings (SSSR count). The zero-order chi connectivity index (χ0) is 11.5. The molecule has 0 saturated carbocycles. The maximum atomic E-state index is 11.6. The zero-order valence-corrected chi connectivity index (χ0v) is 9.23. The SMILES string of the molecule is CC(C)(C)OC(=O)[C@@H](N)c1ccccn1. The molecule has 0 fully saturated rings. The minimum absolute atomic E-state index is 0.457. The lowest BCUT2D eigenvalue weighted by Crippen LogP contribution is -2.31. The summed E-state index contributed by atoms with van der Waals surface area (Å²) >= 11 is 0. The number of hydrogen-bond donors (Lipinski definition) is 1. The molecule has 2 N–H and O–H groups in total. The van der Waals surface area contributed by atoms with Gasteiger partial charge in [0.2, 0.25) is 0 Å². The molecule has 4 nitrogen and oxygen atoms in total. The van der Waals surface area contributed by atoms with Gasteiger partial charge < -0.3 is 10.5 Å². The van der Waals surface area contributed by atoms with Crippen LogP contribution in [0.15, 0.2) is 24.4 Å². The molecular formula is C11H16N2O2. The van der Waals surface area contributed by atoms with E-state index in [1.54, 1.807) is 45.2 Å². The van der Waals surface area contributed by atoms with Crippen LogP contribution in [0.3, 0.4) is 0 Å². The number of esters is 1. The largest absolute Gasteiger partial charge is 0.459 e. The van der Waals surface area contributed by atoms with Gasteiger partial charge in [0.25, 0.3) is 0 Å². The van der Waals surface area contributed by atoms with Gasteiger partial charge in [-0.05, 0) is 32.9 Å². The first-order chi connectivity index (χ1) is 6.90. The Hall–Kier alpha value is -1.42. The van der Waals surface area contributed by atoms with Gasteiger partial charge in [0.1, 0.15) is 11.6 Å². The highest BCUT2D eigenvalue weighted by atomic mass is 16.6. The number of hydrogen-bond acceptors (Lipinski definition) is 4. The summed E-state index contributed by atoms with van der Waals surface area (Å²) < 4.78 is 5.15. The number of carbonyl (C=O) groups excluding carboxylic acids is 1. The summed E-state index contributed by atoms with van der Waals surface area (Å²) in [5.74, 6) is -0.457. The Labute approximate surface area is 89.5 Å². The Kier molecular flexibility index (Phi) is 3.42. The van der Waals surface area contributed by atoms with Crippen molar-refractivity contribution in [2.45, 2.75) is 32.4 Å². The molecule has 1 atom stereocenters. The lowest BCUT2D eigenvalue weighted by Gasteiger charge is -2.21. The second kappa shape index (κ2) is 4.40. The van der Waals surface area contributed by atoms with Crippen molar-refractivity contribution in [2.24, 2.45) is 5.73 Å². The van der Waals surface area contributed by atoms with Crippen LogP contribution in [-0.4, -0.2) is 16.6 Å². The summed E-state index contributed by atoms with van der Waals surface area (Å²) in [5, 5.41) is 0. The standard InChI is InChI=1S/C11H16N2O2/c1-11(2,3)15-10(14)9(12)8-6-4-5-7-13-8/h4-7,9H,12H2,1-3H3/t9-/m0/s1. The summed E-state index contributed by atoms with van der Waals surface area (Å²) in [6.45, 7) is 5.40. The minimum Gasteiger partial charge on any atom is -0.459 e. The highest BCUT2D eigenvalue weighted by Gasteiger charge is 2.23. The van der Waals surface area contributed by atoms with Crippen molar-refractivity contribution in [3.8, 4) is 0 Å². The van der Waals surface area contributed by atoms with Crippen molar-refractivity contribution < 1.29 is 9.53 Å². The molecule has 0 aromatic carbocycles. The Balaban J connectivity index is 2.70. The van der Waals surface area contributed by atoms with Gasteiger partial charge in [0, 0.05) is 6.20 Å². The van der Waals surface area contributed by atoms with Gasteiger partial charge in [0.05, 0.1) is 5.69 Å². The van der Waals surface area contributed by atoms with E-state index in [1.165, 1.54) is 0 Å². The fourth-order valence-electron chi connectivity index (χ4n) is 1.05. The van der Waals surface area contributed by atoms with Crippen LogP contribution in [0.2, 0.25) is 0 Å². The molecule has 0 bridgehead atoms. The van der Waals surface area contributed by atoms with E-state index in [0.29, 0.717) is 5.69 Å². The van der Waals surface area contributed by atoms with E-state index < -0.39 is 17.6 Å². The first-order valence-corrected chi connectivity index (χ1v) is 4.79. The number of aromatic nitrogens is 1. The molecule has 82 valence electrons. The third kappa shape index (κ3) is 3.67. The smallest absolute Gasteiger partial charge is 0.329 e. The second-order valence-electron chi connectivity index (χ2n) is 4.27. The third-order valence-corrected chi connectivity index (χ3v) is 1.67. The van der Waals surface area contributed by atoms with E-state index in [-0.39, 0.29) is 0 Å². The van der Waals surface area contributed by atoms with E-state index in [1.807, 2.05) is 0 Å². The maximum Gasteiger partial charge on any atom is 0.329 e. The maximum absolute atomic E-state index is 11.6. The van der Waals surface area contributed by atoms with Crippen LogP contribution in [0, 0.1) is 0 Å². The Morgan fingerprint density at radius 1 is 1.47 bits per heavy atom. The van der Waals surface area contributed by atoms with Crippen LogP contribution < -0.4 is 5.73 Å². The predicted molar refractivity (Wildman–Crippen MR) is 57.0 cm³/mol. The van der Waals surface area contributed by atoms with Crippen molar-refractivity contribution in [3.63, 3.8) is 0 Å². The molecule has 0 radical (unpaired) electrons. The number of ether oxygens (including phenoxy) is 1. The second-order valence-corrected chi connectivity index (χ2v) is 4.27. The van der Waals surface area contributed by atoms with Crippen molar-refractivity contribution >= 4 is 5.97 Å². The van der Waals surface area contributed by atoms with E-state index >= 15 is 0 Å². The molecule has 0 spiro atoms. The Morgan fingerprint density at radius 3 is 2.60 bits per heavy atom. The lowest BCUT2D eigenvalue weighted by atomic mass is 10.1. The lowest BCUT2D eigenvalue weighted by molar-refractivity contribution is -0.156. The molecule has 4 heteroatoms. The van der Waals surface area contributed by atoms with Gasteiger partial charge in [-0.2, -0.15) is 0 Å². The highest BCUT2D eigenvalue weighted by molar-refractivity contribution is 5.77. The van der Waals surface area contributed by atoms with Crippen LogP contribution in [0.4, 0.5) is 0 Å². The normalized spacial score (nSPS) is 13.3. The van der Waals surface area contributed by atoms with E-state index in [0.717, 1.165) is 0 Å². The summed E-state index contributed by atoms with van der Waals surface area (Å²) in [4.78, 5) is 15.6. The van der Waals surface area contributed by atoms with Crippen LogP contribution >= 0.6 is 0 Å². The summed E-state index contributed by atoms with van der Waals surface area (Å²) in [7, 11) is 0. The third-order valence-electron chi connectivity index (χ3n) is 1.67. The van der Waals surface area contributed by atoms with Crippen molar-refractivity contribution in [1.29, 1.82) is 0 Å². The summed E-state index contributed by atoms with van der Waals surface area (Å²) in [6, 6.07) is 4.44. The first kappa shape index (κ1) is 11.7. The molecule has 0 aliphatic rings. The molecule has 0 aliphatic carbocycles. The van der Waals surface area contributed by atoms with Crippen molar-refractivity contribution in [1.82, 2.24) is 4.98 Å². The van der Waals surface area contributed by atoms with Gasteiger partial charge in [0.15, 0.2) is 0 Å². The Morgan fingerprint density at radius 2 is 2.13 bits per heavy atom. The monoisotopic (exact) mass is 208 g/mol. The van der Waals surface area contributed by atoms with E-state index in [2.05, 4.69) is 4.98 Å². The van der Waals surface area contributed by atoms with Crippen molar-refractivity contribution in [2.75, 3.05) is 0 Å². The highest BCUT2D eigenvalue weighted by Crippen LogP contribution is 2.14. The van der Waals surface area contributed by atoms with Gasteiger partial charge in [-0.25, -0.2) is 4.79 Å². The van der Waals surface area contributed by atoms with Crippen LogP contribution in [-0.2, 0) is 9.53 Å². The molecule has 1 heterocycles. The quantitative estimate of drug-likeness (QED) is 0.746. The topological polar surface area (TPSA) is 65.2 Å². The average molecular weight is 208 g/mol. The molecule has 0 saturated heterocycles. The molecular weight excluding hydrogens is 192 g/mol. The number of nitrogens with zero attached hydrogens (tertiary/aromatic N) is 1. The molecule has 0 aliphatic heterocycles. The van der Waals surface area contributed by atoms with E-state index in [9.17, 15) is 4.79 Å². The van der Waals surface area contributed by atoms with Gasteiger partial charge in [-0.1, -0.05) is 6.07 Å². The molecule has 0 unspecified atom stereocenters. The summed E-state index contributed by atoms with van der Waals surface area (Å²) in [5.41, 5.74) is 5.70. The van der Waals surface area contributed by atoms with Crippen LogP contribution in [0.25, 0.3) is 0 Å². The number of carbonyl (C=O) groups is 1. The fourth-order valence-corrected chi connectivity index (χ4v) is 1.05. The van der Waals surface area contributed by atoms with Crippen LogP contribution in [0.5, 0.6) is 0 Å². The molecule has 1 aromatic heterocycles. The average Bonchev–Trinajstić information content (AvgIpc) is 2.15. The van der Waals surface area contributed by atoms with Gasteiger partial charge in [-0.15, -0.1) is 0 Å². The molecule has 15 heavy (non-hydrogen) atoms. The zero-order valence-electron chi connectivity index (χ0n) is 9.23. The van der Waals surface area contributed by atoms with Gasteiger partial charge >= 0.3 is 5.97 Å².